The van der Waals surface area contributed by atoms with Crippen molar-refractivity contribution in [1.82, 2.24) is 0 Å². The average Bonchev–Trinajstić information content (AvgIpc) is 3.32. The van der Waals surface area contributed by atoms with E-state index >= 15 is 8.78 Å². The fraction of sp³-hybridized carbons (Fsp3) is 0.171. The lowest BCUT2D eigenvalue weighted by atomic mass is 9.96. The van der Waals surface area contributed by atoms with Gasteiger partial charge in [0.2, 0.25) is 11.9 Å². The second-order valence-electron chi connectivity index (χ2n) is 10.3. The molecule has 6 aromatic rings. The van der Waals surface area contributed by atoms with E-state index in [1.54, 1.807) is 37.6 Å². The summed E-state index contributed by atoms with van der Waals surface area (Å²) in [6.45, 7) is 5.41. The zero-order chi connectivity index (χ0) is 29.1. The first-order valence-electron chi connectivity index (χ1n) is 14.1. The zero-order valence-electron chi connectivity index (χ0n) is 24.3. The number of hydrogen-bond donors (Lipinski definition) is 0. The van der Waals surface area contributed by atoms with E-state index in [-0.39, 0.29) is 11.4 Å². The van der Waals surface area contributed by atoms with Crippen molar-refractivity contribution >= 4 is 21.9 Å². The molecule has 0 aliphatic carbocycles. The second kappa shape index (κ2) is 9.77. The highest BCUT2D eigenvalue weighted by Gasteiger charge is 2.25. The van der Waals surface area contributed by atoms with Gasteiger partial charge in [-0.1, -0.05) is 74.5 Å². The van der Waals surface area contributed by atoms with E-state index < -0.39 is 18.1 Å². The zero-order valence-corrected chi connectivity index (χ0v) is 22.3. The molecule has 2 heterocycles. The van der Waals surface area contributed by atoms with Crippen LogP contribution in [0.4, 0.5) is 8.78 Å². The summed E-state index contributed by atoms with van der Waals surface area (Å²) in [6.07, 6.45) is -0.561. The minimum atomic E-state index is -1.87. The number of aryl methyl sites for hydroxylation is 2. The largest absolute Gasteiger partial charge is 0.454 e. The van der Waals surface area contributed by atoms with Crippen molar-refractivity contribution in [2.45, 2.75) is 27.1 Å². The van der Waals surface area contributed by atoms with Crippen molar-refractivity contribution in [2.24, 2.45) is 13.0 Å². The maximum absolute atomic E-state index is 15.6. The molecule has 4 aromatic carbocycles. The van der Waals surface area contributed by atoms with Gasteiger partial charge in [-0.2, -0.15) is 4.57 Å². The Morgan fingerprint density at radius 2 is 1.44 bits per heavy atom. The number of rotatable bonds is 5. The van der Waals surface area contributed by atoms with Crippen molar-refractivity contribution < 1.29 is 20.5 Å². The highest BCUT2D eigenvalue weighted by molar-refractivity contribution is 6.13. The van der Waals surface area contributed by atoms with Gasteiger partial charge in [-0.05, 0) is 59.7 Å². The van der Waals surface area contributed by atoms with Crippen LogP contribution in [0.5, 0.6) is 0 Å². The molecule has 0 amide bonds. The summed E-state index contributed by atoms with van der Waals surface area (Å²) in [5, 5.41) is 1.57. The molecule has 0 saturated carbocycles. The molecule has 0 unspecified atom stereocenters. The number of fused-ring (bicyclic) bond motifs is 3. The number of halogens is 2. The average molecular weight is 521 g/mol. The van der Waals surface area contributed by atoms with Crippen LogP contribution < -0.4 is 4.57 Å². The molecule has 0 bridgehead atoms. The Hall–Kier alpha value is -4.31. The smallest absolute Gasteiger partial charge is 0.216 e. The van der Waals surface area contributed by atoms with Crippen LogP contribution in [-0.2, 0) is 13.4 Å². The van der Waals surface area contributed by atoms with E-state index in [4.69, 9.17) is 7.16 Å². The van der Waals surface area contributed by atoms with Crippen LogP contribution in [0.15, 0.2) is 95.5 Å². The third kappa shape index (κ3) is 4.40. The normalized spacial score (nSPS) is 12.8. The molecule has 2 aromatic heterocycles. The molecule has 6 rings (SSSR count). The van der Waals surface area contributed by atoms with Crippen LogP contribution in [-0.4, -0.2) is 0 Å². The van der Waals surface area contributed by atoms with Crippen LogP contribution >= 0.6 is 0 Å². The highest BCUT2D eigenvalue weighted by atomic mass is 19.1. The Morgan fingerprint density at radius 1 is 0.769 bits per heavy atom. The molecular formula is C35H30F2NO+. The Kier molecular flexibility index (Phi) is 5.68. The summed E-state index contributed by atoms with van der Waals surface area (Å²) in [5.41, 5.74) is 6.26. The number of nitrogens with zero attached hydrogens (tertiary/aromatic N) is 1. The molecule has 4 heteroatoms. The van der Waals surface area contributed by atoms with Crippen LogP contribution in [0.3, 0.4) is 0 Å². The van der Waals surface area contributed by atoms with Gasteiger partial charge in [0.25, 0.3) is 0 Å². The quantitative estimate of drug-likeness (QED) is 0.207. The molecule has 39 heavy (non-hydrogen) atoms. The number of pyridine rings is 1. The number of aromatic nitrogens is 1. The summed E-state index contributed by atoms with van der Waals surface area (Å²) < 4.78 is 56.0. The van der Waals surface area contributed by atoms with Gasteiger partial charge in [0.1, 0.15) is 24.0 Å². The fourth-order valence-corrected chi connectivity index (χ4v) is 5.34. The van der Waals surface area contributed by atoms with Gasteiger partial charge in [-0.15, -0.1) is 0 Å². The molecule has 0 N–H and O–H groups in total. The van der Waals surface area contributed by atoms with E-state index in [0.29, 0.717) is 33.6 Å². The van der Waals surface area contributed by atoms with Gasteiger partial charge >= 0.3 is 0 Å². The summed E-state index contributed by atoms with van der Waals surface area (Å²) in [5.74, 6) is -1.43. The van der Waals surface area contributed by atoms with E-state index in [9.17, 15) is 0 Å². The predicted molar refractivity (Wildman–Crippen MR) is 154 cm³/mol. The van der Waals surface area contributed by atoms with E-state index in [0.717, 1.165) is 27.5 Å². The predicted octanol–water partition coefficient (Wildman–Crippen LogP) is 9.20. The highest BCUT2D eigenvalue weighted by Crippen LogP contribution is 2.42. The molecule has 0 saturated heterocycles. The van der Waals surface area contributed by atoms with Gasteiger partial charge in [-0.25, -0.2) is 8.78 Å². The minimum absolute atomic E-state index is 0.00225. The SMILES string of the molecule is [2H]C([2H])(c1cc(-c2c(C)ccc3c2oc2c(-c4cccc(-c5ccccc5)c4)c(F)ccc23)[n+](C)cc1F)C(C)C. The van der Waals surface area contributed by atoms with E-state index in [1.807, 2.05) is 73.7 Å². The molecule has 0 aliphatic rings. The lowest BCUT2D eigenvalue weighted by molar-refractivity contribution is -0.662. The molecule has 2 nitrogen and oxygen atoms in total. The van der Waals surface area contributed by atoms with Crippen LogP contribution in [0.2, 0.25) is 0 Å². The molecule has 0 fully saturated rings. The third-order valence-electron chi connectivity index (χ3n) is 7.15. The third-order valence-corrected chi connectivity index (χ3v) is 7.15. The van der Waals surface area contributed by atoms with Crippen molar-refractivity contribution in [1.29, 1.82) is 0 Å². The van der Waals surface area contributed by atoms with Crippen LogP contribution in [0.1, 0.15) is 27.7 Å². The first kappa shape index (κ1) is 22.7. The fourth-order valence-electron chi connectivity index (χ4n) is 5.34. The standard InChI is InChI=1S/C35H30F2NO/c1-21(2)17-26-19-31(38(4)20-30(26)37)32-22(3)13-14-27-28-15-16-29(36)33(35(28)39-34(27)32)25-12-8-11-24(18-25)23-9-6-5-7-10-23/h5-16,18-21H,17H2,1-4H3/q+1/i17D2. The van der Waals surface area contributed by atoms with E-state index in [2.05, 4.69) is 0 Å². The van der Waals surface area contributed by atoms with Crippen molar-refractivity contribution in [2.75, 3.05) is 0 Å². The van der Waals surface area contributed by atoms with Crippen molar-refractivity contribution in [3.8, 4) is 33.5 Å². The first-order valence-corrected chi connectivity index (χ1v) is 13.1. The van der Waals surface area contributed by atoms with Crippen molar-refractivity contribution in [3.63, 3.8) is 0 Å². The first-order chi connectivity index (χ1) is 19.6. The Balaban J connectivity index is 1.62. The Morgan fingerprint density at radius 3 is 2.18 bits per heavy atom. The second-order valence-corrected chi connectivity index (χ2v) is 10.3. The molecule has 0 aliphatic heterocycles. The lowest BCUT2D eigenvalue weighted by Crippen LogP contribution is -2.32. The monoisotopic (exact) mass is 520 g/mol. The topological polar surface area (TPSA) is 17.0 Å². The van der Waals surface area contributed by atoms with Gasteiger partial charge in [0.15, 0.2) is 5.82 Å². The van der Waals surface area contributed by atoms with Gasteiger partial charge in [0.05, 0.1) is 11.1 Å². The summed E-state index contributed by atoms with van der Waals surface area (Å²) in [4.78, 5) is 0. The van der Waals surface area contributed by atoms with Crippen LogP contribution in [0, 0.1) is 24.5 Å². The van der Waals surface area contributed by atoms with Crippen LogP contribution in [0.25, 0.3) is 55.4 Å². The van der Waals surface area contributed by atoms with Gasteiger partial charge in [-0.3, -0.25) is 0 Å². The van der Waals surface area contributed by atoms with Crippen molar-refractivity contribution in [3.05, 3.63) is 114 Å². The Labute approximate surface area is 230 Å². The van der Waals surface area contributed by atoms with Gasteiger partial charge < -0.3 is 4.42 Å². The molecule has 0 spiro atoms. The van der Waals surface area contributed by atoms with Gasteiger partial charge in [0, 0.05) is 25.1 Å². The number of furan rings is 1. The molecule has 0 radical (unpaired) electrons. The lowest BCUT2D eigenvalue weighted by Gasteiger charge is -2.10. The molecule has 0 atom stereocenters. The Bertz CT molecular complexity index is 1940. The molecule has 194 valence electrons. The molecular weight excluding hydrogens is 488 g/mol. The summed E-state index contributed by atoms with van der Waals surface area (Å²) in [7, 11) is 1.73. The maximum atomic E-state index is 15.6. The maximum Gasteiger partial charge on any atom is 0.216 e. The number of hydrogen-bond acceptors (Lipinski definition) is 1. The minimum Gasteiger partial charge on any atom is -0.454 e. The number of benzene rings is 4. The summed E-state index contributed by atoms with van der Waals surface area (Å²) in [6, 6.07) is 26.4. The van der Waals surface area contributed by atoms with E-state index in [1.165, 1.54) is 12.3 Å². The summed E-state index contributed by atoms with van der Waals surface area (Å²) >= 11 is 0.